The van der Waals surface area contributed by atoms with E-state index >= 15 is 0 Å². The van der Waals surface area contributed by atoms with Crippen LogP contribution in [0.15, 0.2) is 90.4 Å². The number of para-hydroxylation sites is 1. The maximum absolute atomic E-state index is 14.3. The molecule has 6 rings (SSSR count). The van der Waals surface area contributed by atoms with Gasteiger partial charge in [-0.15, -0.1) is 11.3 Å². The number of carbonyl (C=O) groups is 4. The van der Waals surface area contributed by atoms with Crippen molar-refractivity contribution in [2.24, 2.45) is 11.5 Å². The van der Waals surface area contributed by atoms with E-state index in [1.807, 2.05) is 84.2 Å². The molecule has 3 aromatic carbocycles. The lowest BCUT2D eigenvalue weighted by Gasteiger charge is -2.34. The molecule has 49 heavy (non-hydrogen) atoms. The summed E-state index contributed by atoms with van der Waals surface area (Å²) in [5, 5.41) is 16.7. The number of aromatic amines is 1. The minimum Gasteiger partial charge on any atom is -0.368 e. The van der Waals surface area contributed by atoms with E-state index < -0.39 is 47.3 Å². The van der Waals surface area contributed by atoms with Crippen molar-refractivity contribution in [3.8, 4) is 0 Å². The number of hydrogen-bond donors (Lipinski definition) is 7. The molecule has 1 fully saturated rings. The second-order valence-electron chi connectivity index (χ2n) is 12.7. The molecule has 1 aliphatic rings. The molecule has 1 aliphatic heterocycles. The quantitative estimate of drug-likeness (QED) is 0.100. The topological polar surface area (TPSA) is 184 Å². The van der Waals surface area contributed by atoms with Crippen molar-refractivity contribution in [2.45, 2.75) is 55.8 Å². The van der Waals surface area contributed by atoms with Crippen LogP contribution in [0.2, 0.25) is 0 Å². The van der Waals surface area contributed by atoms with E-state index in [1.54, 1.807) is 6.20 Å². The smallest absolute Gasteiger partial charge is 0.243 e. The first-order valence-electron chi connectivity index (χ1n) is 16.4. The van der Waals surface area contributed by atoms with Crippen molar-refractivity contribution in [3.05, 3.63) is 106 Å². The Balaban J connectivity index is 1.29. The number of thiophene rings is 1. The number of aromatic nitrogens is 1. The lowest BCUT2D eigenvalue weighted by atomic mass is 9.88. The number of piperidine rings is 1. The van der Waals surface area contributed by atoms with Gasteiger partial charge >= 0.3 is 0 Å². The molecule has 5 aromatic rings. The van der Waals surface area contributed by atoms with E-state index in [2.05, 4.69) is 26.3 Å². The van der Waals surface area contributed by atoms with Crippen LogP contribution in [0.3, 0.4) is 0 Å². The molecule has 11 nitrogen and oxygen atoms in total. The van der Waals surface area contributed by atoms with Crippen molar-refractivity contribution in [1.29, 1.82) is 0 Å². The van der Waals surface area contributed by atoms with Gasteiger partial charge in [-0.2, -0.15) is 0 Å². The number of primary amides is 1. The maximum atomic E-state index is 14.3. The minimum atomic E-state index is -1.13. The summed E-state index contributed by atoms with van der Waals surface area (Å²) >= 11 is 1.45. The lowest BCUT2D eigenvalue weighted by molar-refractivity contribution is -0.134. The monoisotopic (exact) mass is 679 g/mol. The van der Waals surface area contributed by atoms with Crippen LogP contribution in [0.25, 0.3) is 21.7 Å². The van der Waals surface area contributed by atoms with Gasteiger partial charge in [0.2, 0.25) is 23.6 Å². The molecule has 12 heteroatoms. The van der Waals surface area contributed by atoms with Gasteiger partial charge < -0.3 is 37.7 Å². The maximum Gasteiger partial charge on any atom is 0.243 e. The Kier molecular flexibility index (Phi) is 10.4. The number of fused-ring (bicyclic) bond motifs is 2. The first-order valence-corrected chi connectivity index (χ1v) is 17.3. The fourth-order valence-corrected chi connectivity index (χ4v) is 7.09. The zero-order chi connectivity index (χ0) is 34.4. The van der Waals surface area contributed by atoms with Crippen LogP contribution in [0, 0.1) is 0 Å². The van der Waals surface area contributed by atoms with Crippen LogP contribution in [-0.4, -0.2) is 65.4 Å². The summed E-state index contributed by atoms with van der Waals surface area (Å²) in [5.74, 6) is -2.22. The van der Waals surface area contributed by atoms with Crippen LogP contribution in [0.5, 0.6) is 0 Å². The summed E-state index contributed by atoms with van der Waals surface area (Å²) in [7, 11) is 0. The van der Waals surface area contributed by atoms with Crippen molar-refractivity contribution in [3.63, 3.8) is 0 Å². The summed E-state index contributed by atoms with van der Waals surface area (Å²) < 4.78 is 0. The highest BCUT2D eigenvalue weighted by Gasteiger charge is 2.38. The Labute approximate surface area is 288 Å². The average Bonchev–Trinajstić information content (AvgIpc) is 3.77. The van der Waals surface area contributed by atoms with Crippen LogP contribution in [-0.2, 0) is 38.4 Å². The normalized spacial score (nSPS) is 16.0. The van der Waals surface area contributed by atoms with Gasteiger partial charge in [-0.3, -0.25) is 19.2 Å². The van der Waals surface area contributed by atoms with Crippen LogP contribution in [0.4, 0.5) is 0 Å². The van der Waals surface area contributed by atoms with Crippen LogP contribution in [0.1, 0.15) is 28.8 Å². The summed E-state index contributed by atoms with van der Waals surface area (Å²) in [4.78, 5) is 58.5. The molecule has 0 saturated carbocycles. The van der Waals surface area contributed by atoms with E-state index in [0.717, 1.165) is 37.7 Å². The second kappa shape index (κ2) is 15.0. The first-order chi connectivity index (χ1) is 23.7. The molecule has 3 atom stereocenters. The third kappa shape index (κ3) is 8.16. The SMILES string of the molecule is NC(=O)[C@H](Cc1cccs1)NC(=O)[C@@H](Cc1c[nH]c2ccccc12)NC(=O)[C@@H](Cc1ccc2ccccc2c1)NC(=O)C1(N)CCNCC1. The van der Waals surface area contributed by atoms with Gasteiger partial charge in [0.15, 0.2) is 0 Å². The second-order valence-corrected chi connectivity index (χ2v) is 13.7. The highest BCUT2D eigenvalue weighted by atomic mass is 32.1. The Bertz CT molecular complexity index is 1950. The Morgan fingerprint density at radius 1 is 0.776 bits per heavy atom. The number of rotatable bonds is 13. The van der Waals surface area contributed by atoms with Crippen LogP contribution >= 0.6 is 11.3 Å². The molecule has 0 bridgehead atoms. The molecule has 254 valence electrons. The first kappa shape index (κ1) is 33.8. The van der Waals surface area contributed by atoms with E-state index in [0.29, 0.717) is 25.9 Å². The van der Waals surface area contributed by atoms with Crippen molar-refractivity contribution >= 4 is 56.6 Å². The number of nitrogens with two attached hydrogens (primary N) is 2. The highest BCUT2D eigenvalue weighted by Crippen LogP contribution is 2.21. The lowest BCUT2D eigenvalue weighted by Crippen LogP contribution is -2.63. The third-order valence-electron chi connectivity index (χ3n) is 9.20. The van der Waals surface area contributed by atoms with Gasteiger partial charge in [0.05, 0.1) is 5.54 Å². The number of H-pyrrole nitrogens is 1. The average molecular weight is 680 g/mol. The Morgan fingerprint density at radius 2 is 1.47 bits per heavy atom. The standard InChI is InChI=1S/C37H41N7O4S/c38-33(45)30(21-27-8-5-17-49-27)42-35(47)32(20-26-22-41-29-10-4-3-9-28(26)29)43-34(46)31(44-36(48)37(39)13-15-40-16-14-37)19-23-11-12-24-6-1-2-7-25(24)18-23/h1-12,17-18,22,30-32,40-41H,13-16,19-21,39H2,(H2,38,45)(H,42,47)(H,43,46)(H,44,48)/t30-,31+,32+/m0/s1. The van der Waals surface area contributed by atoms with E-state index in [1.165, 1.54) is 11.3 Å². The number of amides is 4. The number of carbonyl (C=O) groups excluding carboxylic acids is 4. The van der Waals surface area contributed by atoms with Gasteiger partial charge in [0.1, 0.15) is 18.1 Å². The molecule has 2 aromatic heterocycles. The Hall–Kier alpha value is -5.04. The largest absolute Gasteiger partial charge is 0.368 e. The van der Waals surface area contributed by atoms with Gasteiger partial charge in [0, 0.05) is 41.2 Å². The molecule has 0 aliphatic carbocycles. The molecule has 0 spiro atoms. The minimum absolute atomic E-state index is 0.120. The van der Waals surface area contributed by atoms with Gasteiger partial charge in [-0.1, -0.05) is 66.7 Å². The molecule has 9 N–H and O–H groups in total. The summed E-state index contributed by atoms with van der Waals surface area (Å²) in [5.41, 5.74) is 13.7. The zero-order valence-corrected chi connectivity index (χ0v) is 27.9. The van der Waals surface area contributed by atoms with E-state index in [-0.39, 0.29) is 19.3 Å². The molecule has 0 radical (unpaired) electrons. The molecule has 4 amide bonds. The summed E-state index contributed by atoms with van der Waals surface area (Å²) in [6, 6.07) is 22.1. The fraction of sp³-hybridized carbons (Fsp3) is 0.297. The van der Waals surface area contributed by atoms with Crippen molar-refractivity contribution < 1.29 is 19.2 Å². The summed E-state index contributed by atoms with van der Waals surface area (Å²) in [6.07, 6.45) is 3.16. The number of benzene rings is 3. The van der Waals surface area contributed by atoms with Gasteiger partial charge in [0.25, 0.3) is 0 Å². The van der Waals surface area contributed by atoms with Crippen molar-refractivity contribution in [2.75, 3.05) is 13.1 Å². The van der Waals surface area contributed by atoms with Crippen LogP contribution < -0.4 is 32.7 Å². The summed E-state index contributed by atoms with van der Waals surface area (Å²) in [6.45, 7) is 1.18. The Morgan fingerprint density at radius 3 is 2.20 bits per heavy atom. The fourth-order valence-electron chi connectivity index (χ4n) is 6.34. The molecular weight excluding hydrogens is 639 g/mol. The third-order valence-corrected chi connectivity index (χ3v) is 10.1. The van der Waals surface area contributed by atoms with Gasteiger partial charge in [-0.05, 0) is 65.3 Å². The van der Waals surface area contributed by atoms with Crippen molar-refractivity contribution in [1.82, 2.24) is 26.3 Å². The molecule has 0 unspecified atom stereocenters. The molecular formula is C37H41N7O4S. The predicted molar refractivity (Wildman–Crippen MR) is 192 cm³/mol. The highest BCUT2D eigenvalue weighted by molar-refractivity contribution is 7.09. The number of nitrogens with one attached hydrogen (secondary N) is 5. The predicted octanol–water partition coefficient (Wildman–Crippen LogP) is 2.43. The van der Waals surface area contributed by atoms with Gasteiger partial charge in [-0.25, -0.2) is 0 Å². The molecule has 1 saturated heterocycles. The zero-order valence-electron chi connectivity index (χ0n) is 27.0. The number of hydrogen-bond acceptors (Lipinski definition) is 7. The molecule has 3 heterocycles. The van der Waals surface area contributed by atoms with E-state index in [4.69, 9.17) is 11.5 Å². The van der Waals surface area contributed by atoms with E-state index in [9.17, 15) is 19.2 Å².